The highest BCUT2D eigenvalue weighted by molar-refractivity contribution is 5.94. The molecule has 106 valence electrons. The highest BCUT2D eigenvalue weighted by Crippen LogP contribution is 2.11. The lowest BCUT2D eigenvalue weighted by Gasteiger charge is -2.25. The van der Waals surface area contributed by atoms with Crippen LogP contribution in [-0.2, 0) is 11.3 Å². The summed E-state index contributed by atoms with van der Waals surface area (Å²) in [6.07, 6.45) is 4.25. The third kappa shape index (κ3) is 3.68. The number of benzene rings is 1. The van der Waals surface area contributed by atoms with Crippen molar-refractivity contribution in [1.82, 2.24) is 14.9 Å². The van der Waals surface area contributed by atoms with Crippen LogP contribution in [0.15, 0.2) is 42.7 Å². The van der Waals surface area contributed by atoms with Crippen LogP contribution in [0.4, 0.5) is 5.69 Å². The van der Waals surface area contributed by atoms with Crippen LogP contribution in [0.3, 0.4) is 0 Å². The first-order valence-corrected chi connectivity index (χ1v) is 6.75. The van der Waals surface area contributed by atoms with Crippen LogP contribution >= 0.6 is 0 Å². The molecule has 1 aromatic heterocycles. The Morgan fingerprint density at radius 1 is 1.40 bits per heavy atom. The molecule has 2 rings (SSSR count). The first-order valence-electron chi connectivity index (χ1n) is 6.75. The Morgan fingerprint density at radius 2 is 2.15 bits per heavy atom. The van der Waals surface area contributed by atoms with E-state index >= 15 is 0 Å². The van der Waals surface area contributed by atoms with Gasteiger partial charge >= 0.3 is 0 Å². The lowest BCUT2D eigenvalue weighted by Crippen LogP contribution is -2.41. The fourth-order valence-corrected chi connectivity index (χ4v) is 2.18. The lowest BCUT2D eigenvalue weighted by atomic mass is 10.1. The standard InChI is InChI=1S/C15H20N4O/c1-3-13(19(2)11-14-16-9-10-17-14)15(20)18-12-7-5-4-6-8-12/h4-10,13H,3,11H2,1-2H3,(H,16,17)(H,18,20)/t13-/m1/s1. The maximum Gasteiger partial charge on any atom is 0.241 e. The van der Waals surface area contributed by atoms with Gasteiger partial charge in [-0.2, -0.15) is 0 Å². The molecule has 0 saturated heterocycles. The van der Waals surface area contributed by atoms with E-state index < -0.39 is 0 Å². The average Bonchev–Trinajstić information content (AvgIpc) is 2.93. The van der Waals surface area contributed by atoms with E-state index in [1.165, 1.54) is 0 Å². The molecule has 0 radical (unpaired) electrons. The van der Waals surface area contributed by atoms with Crippen LogP contribution in [0.1, 0.15) is 19.2 Å². The first-order chi connectivity index (χ1) is 9.70. The molecular weight excluding hydrogens is 252 g/mol. The molecule has 0 saturated carbocycles. The van der Waals surface area contributed by atoms with Crippen LogP contribution in [0.5, 0.6) is 0 Å². The predicted octanol–water partition coefficient (Wildman–Crippen LogP) is 2.26. The number of anilines is 1. The van der Waals surface area contributed by atoms with Crippen LogP contribution in [0, 0.1) is 0 Å². The summed E-state index contributed by atoms with van der Waals surface area (Å²) in [7, 11) is 1.93. The average molecular weight is 272 g/mol. The summed E-state index contributed by atoms with van der Waals surface area (Å²) in [5.74, 6) is 0.867. The number of hydrogen-bond donors (Lipinski definition) is 2. The van der Waals surface area contributed by atoms with Gasteiger partial charge in [0.25, 0.3) is 0 Å². The van der Waals surface area contributed by atoms with Crippen LogP contribution in [-0.4, -0.2) is 33.9 Å². The Bertz CT molecular complexity index is 524. The van der Waals surface area contributed by atoms with Crippen molar-refractivity contribution < 1.29 is 4.79 Å². The summed E-state index contributed by atoms with van der Waals surface area (Å²) in [5, 5.41) is 2.94. The third-order valence-corrected chi connectivity index (χ3v) is 3.22. The van der Waals surface area contributed by atoms with E-state index in [0.717, 1.165) is 17.9 Å². The molecule has 20 heavy (non-hydrogen) atoms. The number of carbonyl (C=O) groups is 1. The molecule has 1 heterocycles. The van der Waals surface area contributed by atoms with Crippen LogP contribution in [0.25, 0.3) is 0 Å². The normalized spacial score (nSPS) is 12.3. The van der Waals surface area contributed by atoms with Gasteiger partial charge in [-0.3, -0.25) is 9.69 Å². The van der Waals surface area contributed by atoms with E-state index in [2.05, 4.69) is 15.3 Å². The van der Waals surface area contributed by atoms with Gasteiger partial charge < -0.3 is 10.3 Å². The summed E-state index contributed by atoms with van der Waals surface area (Å²) < 4.78 is 0. The Kier molecular flexibility index (Phi) is 4.90. The number of aromatic amines is 1. The molecule has 1 amide bonds. The monoisotopic (exact) mass is 272 g/mol. The molecule has 0 aliphatic rings. The molecule has 1 aromatic carbocycles. The minimum atomic E-state index is -0.180. The van der Waals surface area contributed by atoms with Crippen molar-refractivity contribution in [1.29, 1.82) is 0 Å². The van der Waals surface area contributed by atoms with Gasteiger partial charge in [0.1, 0.15) is 5.82 Å². The summed E-state index contributed by atoms with van der Waals surface area (Å²) in [5.41, 5.74) is 0.822. The van der Waals surface area contributed by atoms with Crippen molar-refractivity contribution in [3.8, 4) is 0 Å². The number of nitrogens with zero attached hydrogens (tertiary/aromatic N) is 2. The van der Waals surface area contributed by atoms with Crippen molar-refractivity contribution in [2.75, 3.05) is 12.4 Å². The van der Waals surface area contributed by atoms with Gasteiger partial charge in [0, 0.05) is 18.1 Å². The zero-order valence-electron chi connectivity index (χ0n) is 11.8. The number of para-hydroxylation sites is 1. The minimum Gasteiger partial charge on any atom is -0.348 e. The molecule has 1 atom stereocenters. The van der Waals surface area contributed by atoms with E-state index in [9.17, 15) is 4.79 Å². The second-order valence-electron chi connectivity index (χ2n) is 4.73. The van der Waals surface area contributed by atoms with E-state index in [1.54, 1.807) is 12.4 Å². The SMILES string of the molecule is CC[C@H](C(=O)Nc1ccccc1)N(C)Cc1ncc[nH]1. The summed E-state index contributed by atoms with van der Waals surface area (Å²) in [4.78, 5) is 21.6. The number of carbonyl (C=O) groups excluding carboxylic acids is 1. The minimum absolute atomic E-state index is 0.00718. The Balaban J connectivity index is 1.98. The highest BCUT2D eigenvalue weighted by Gasteiger charge is 2.21. The van der Waals surface area contributed by atoms with Crippen molar-refractivity contribution >= 4 is 11.6 Å². The van der Waals surface area contributed by atoms with Gasteiger partial charge in [-0.05, 0) is 25.6 Å². The molecule has 5 nitrogen and oxygen atoms in total. The zero-order valence-corrected chi connectivity index (χ0v) is 11.8. The predicted molar refractivity (Wildman–Crippen MR) is 79.2 cm³/mol. The first kappa shape index (κ1) is 14.3. The number of amides is 1. The molecule has 0 unspecified atom stereocenters. The van der Waals surface area contributed by atoms with Gasteiger partial charge in [0.15, 0.2) is 0 Å². The van der Waals surface area contributed by atoms with Gasteiger partial charge in [-0.1, -0.05) is 25.1 Å². The van der Waals surface area contributed by atoms with E-state index in [0.29, 0.717) is 6.54 Å². The Labute approximate surface area is 119 Å². The number of hydrogen-bond acceptors (Lipinski definition) is 3. The highest BCUT2D eigenvalue weighted by atomic mass is 16.2. The lowest BCUT2D eigenvalue weighted by molar-refractivity contribution is -0.121. The number of likely N-dealkylation sites (N-methyl/N-ethyl adjacent to an activating group) is 1. The molecule has 5 heteroatoms. The number of rotatable bonds is 6. The van der Waals surface area contributed by atoms with Crippen molar-refractivity contribution in [3.05, 3.63) is 48.5 Å². The van der Waals surface area contributed by atoms with Crippen molar-refractivity contribution in [2.45, 2.75) is 25.9 Å². The fraction of sp³-hybridized carbons (Fsp3) is 0.333. The van der Waals surface area contributed by atoms with Gasteiger partial charge in [-0.25, -0.2) is 4.98 Å². The quantitative estimate of drug-likeness (QED) is 0.848. The number of nitrogens with one attached hydrogen (secondary N) is 2. The molecule has 2 aromatic rings. The molecular formula is C15H20N4O. The summed E-state index contributed by atoms with van der Waals surface area (Å²) in [6, 6.07) is 9.33. The summed E-state index contributed by atoms with van der Waals surface area (Å²) in [6.45, 7) is 2.63. The van der Waals surface area contributed by atoms with Crippen molar-refractivity contribution in [2.24, 2.45) is 0 Å². The molecule has 0 aliphatic heterocycles. The Hall–Kier alpha value is -2.14. The van der Waals surface area contributed by atoms with Gasteiger partial charge in [-0.15, -0.1) is 0 Å². The van der Waals surface area contributed by atoms with E-state index in [-0.39, 0.29) is 11.9 Å². The zero-order chi connectivity index (χ0) is 14.4. The third-order valence-electron chi connectivity index (χ3n) is 3.22. The topological polar surface area (TPSA) is 61.0 Å². The maximum atomic E-state index is 12.3. The maximum absolute atomic E-state index is 12.3. The van der Waals surface area contributed by atoms with Crippen LogP contribution < -0.4 is 5.32 Å². The largest absolute Gasteiger partial charge is 0.348 e. The van der Waals surface area contributed by atoms with Gasteiger partial charge in [0.05, 0.1) is 12.6 Å². The van der Waals surface area contributed by atoms with E-state index in [4.69, 9.17) is 0 Å². The van der Waals surface area contributed by atoms with E-state index in [1.807, 2.05) is 49.2 Å². The smallest absolute Gasteiger partial charge is 0.241 e. The fourth-order valence-electron chi connectivity index (χ4n) is 2.18. The number of aromatic nitrogens is 2. The second-order valence-corrected chi connectivity index (χ2v) is 4.73. The molecule has 0 bridgehead atoms. The number of H-pyrrole nitrogens is 1. The Morgan fingerprint density at radius 3 is 2.75 bits per heavy atom. The van der Waals surface area contributed by atoms with Crippen molar-refractivity contribution in [3.63, 3.8) is 0 Å². The van der Waals surface area contributed by atoms with Crippen LogP contribution in [0.2, 0.25) is 0 Å². The summed E-state index contributed by atoms with van der Waals surface area (Å²) >= 11 is 0. The molecule has 0 fully saturated rings. The number of imidazole rings is 1. The van der Waals surface area contributed by atoms with Gasteiger partial charge in [0.2, 0.25) is 5.91 Å². The molecule has 2 N–H and O–H groups in total. The second kappa shape index (κ2) is 6.86. The molecule has 0 aliphatic carbocycles. The molecule has 0 spiro atoms.